The van der Waals surface area contributed by atoms with E-state index in [0.717, 1.165) is 25.9 Å². The Bertz CT molecular complexity index is 339. The van der Waals surface area contributed by atoms with Crippen molar-refractivity contribution in [3.63, 3.8) is 0 Å². The van der Waals surface area contributed by atoms with Crippen LogP contribution in [-0.2, 0) is 11.3 Å². The number of likely N-dealkylation sites (tertiary alicyclic amines) is 1. The second-order valence-corrected chi connectivity index (χ2v) is 4.91. The van der Waals surface area contributed by atoms with E-state index in [0.29, 0.717) is 11.8 Å². The monoisotopic (exact) mass is 239 g/mol. The number of rotatable bonds is 4. The highest BCUT2D eigenvalue weighted by atomic mass is 32.2. The van der Waals surface area contributed by atoms with E-state index in [1.54, 1.807) is 18.0 Å². The molecule has 1 aromatic rings. The first-order valence-corrected chi connectivity index (χ1v) is 6.96. The Balaban J connectivity index is 1.95. The summed E-state index contributed by atoms with van der Waals surface area (Å²) in [5, 5.41) is 4.19. The number of amides is 1. The van der Waals surface area contributed by atoms with Crippen LogP contribution in [0.3, 0.4) is 0 Å². The molecule has 1 amide bonds. The Kier molecular flexibility index (Phi) is 3.88. The van der Waals surface area contributed by atoms with Gasteiger partial charge in [-0.05, 0) is 25.2 Å². The lowest BCUT2D eigenvalue weighted by molar-refractivity contribution is -0.129. The van der Waals surface area contributed by atoms with E-state index in [1.807, 2.05) is 28.1 Å². The van der Waals surface area contributed by atoms with Crippen molar-refractivity contribution in [3.8, 4) is 0 Å². The van der Waals surface area contributed by atoms with Crippen LogP contribution in [0.1, 0.15) is 12.8 Å². The Morgan fingerprint density at radius 3 is 3.19 bits per heavy atom. The highest BCUT2D eigenvalue weighted by molar-refractivity contribution is 7.99. The van der Waals surface area contributed by atoms with E-state index < -0.39 is 0 Å². The number of hydrogen-bond donors (Lipinski definition) is 0. The SMILES string of the molecule is CSCC(=O)N1CCC[C@@H]1Cn1cccn1. The second kappa shape index (κ2) is 5.39. The molecule has 1 atom stereocenters. The molecule has 1 fully saturated rings. The third-order valence-electron chi connectivity index (χ3n) is 2.92. The zero-order valence-electron chi connectivity index (χ0n) is 9.50. The van der Waals surface area contributed by atoms with Gasteiger partial charge in [0, 0.05) is 18.9 Å². The number of thioether (sulfide) groups is 1. The molecule has 0 N–H and O–H groups in total. The van der Waals surface area contributed by atoms with E-state index in [4.69, 9.17) is 0 Å². The van der Waals surface area contributed by atoms with Crippen molar-refractivity contribution in [2.45, 2.75) is 25.4 Å². The van der Waals surface area contributed by atoms with Gasteiger partial charge in [0.25, 0.3) is 0 Å². The van der Waals surface area contributed by atoms with E-state index in [-0.39, 0.29) is 5.91 Å². The molecule has 5 heteroatoms. The Morgan fingerprint density at radius 2 is 2.50 bits per heavy atom. The molecular formula is C11H17N3OS. The summed E-state index contributed by atoms with van der Waals surface area (Å²) in [7, 11) is 0. The van der Waals surface area contributed by atoms with Crippen molar-refractivity contribution in [1.29, 1.82) is 0 Å². The van der Waals surface area contributed by atoms with Gasteiger partial charge in [-0.15, -0.1) is 0 Å². The van der Waals surface area contributed by atoms with Crippen LogP contribution >= 0.6 is 11.8 Å². The standard InChI is InChI=1S/C11H17N3OS/c1-16-9-11(15)14-7-2-4-10(14)8-13-6-3-5-12-13/h3,5-6,10H,2,4,7-9H2,1H3/t10-/m1/s1. The minimum absolute atomic E-state index is 0.266. The third-order valence-corrected chi connectivity index (χ3v) is 3.46. The molecule has 0 bridgehead atoms. The minimum atomic E-state index is 0.266. The van der Waals surface area contributed by atoms with Gasteiger partial charge in [-0.1, -0.05) is 0 Å². The summed E-state index contributed by atoms with van der Waals surface area (Å²) in [6.45, 7) is 1.73. The van der Waals surface area contributed by atoms with Gasteiger partial charge >= 0.3 is 0 Å². The molecule has 1 saturated heterocycles. The maximum absolute atomic E-state index is 11.9. The molecule has 0 aliphatic carbocycles. The van der Waals surface area contributed by atoms with Crippen LogP contribution in [0, 0.1) is 0 Å². The second-order valence-electron chi connectivity index (χ2n) is 4.04. The molecular weight excluding hydrogens is 222 g/mol. The van der Waals surface area contributed by atoms with Crippen molar-refractivity contribution in [2.24, 2.45) is 0 Å². The maximum Gasteiger partial charge on any atom is 0.232 e. The van der Waals surface area contributed by atoms with Gasteiger partial charge in [0.1, 0.15) is 0 Å². The number of nitrogens with zero attached hydrogens (tertiary/aromatic N) is 3. The summed E-state index contributed by atoms with van der Waals surface area (Å²) in [6, 6.07) is 2.25. The molecule has 88 valence electrons. The number of aromatic nitrogens is 2. The van der Waals surface area contributed by atoms with Crippen LogP contribution in [0.2, 0.25) is 0 Å². The number of carbonyl (C=O) groups excluding carboxylic acids is 1. The molecule has 0 aromatic carbocycles. The molecule has 16 heavy (non-hydrogen) atoms. The van der Waals surface area contributed by atoms with Gasteiger partial charge in [-0.3, -0.25) is 9.48 Å². The predicted molar refractivity (Wildman–Crippen MR) is 65.3 cm³/mol. The number of hydrogen-bond acceptors (Lipinski definition) is 3. The van der Waals surface area contributed by atoms with Crippen LogP contribution in [0.15, 0.2) is 18.5 Å². The predicted octanol–water partition coefficient (Wildman–Crippen LogP) is 1.24. The molecule has 0 spiro atoms. The molecule has 1 aliphatic heterocycles. The van der Waals surface area contributed by atoms with Crippen molar-refractivity contribution in [2.75, 3.05) is 18.6 Å². The molecule has 2 heterocycles. The zero-order valence-corrected chi connectivity index (χ0v) is 10.3. The average Bonchev–Trinajstić information content (AvgIpc) is 2.90. The maximum atomic E-state index is 11.9. The first kappa shape index (κ1) is 11.5. The molecule has 0 radical (unpaired) electrons. The normalized spacial score (nSPS) is 20.3. The molecule has 0 saturated carbocycles. The fraction of sp³-hybridized carbons (Fsp3) is 0.636. The Morgan fingerprint density at radius 1 is 1.62 bits per heavy atom. The fourth-order valence-corrected chi connectivity index (χ4v) is 2.60. The lowest BCUT2D eigenvalue weighted by Crippen LogP contribution is -2.39. The third kappa shape index (κ3) is 2.58. The van der Waals surface area contributed by atoms with Gasteiger partial charge < -0.3 is 4.90 Å². The Labute approximate surface area is 100.0 Å². The molecule has 0 unspecified atom stereocenters. The van der Waals surface area contributed by atoms with Crippen molar-refractivity contribution >= 4 is 17.7 Å². The Hall–Kier alpha value is -0.970. The van der Waals surface area contributed by atoms with E-state index >= 15 is 0 Å². The van der Waals surface area contributed by atoms with Crippen LogP contribution in [0.5, 0.6) is 0 Å². The summed E-state index contributed by atoms with van der Waals surface area (Å²) in [5.74, 6) is 0.859. The largest absolute Gasteiger partial charge is 0.337 e. The smallest absolute Gasteiger partial charge is 0.232 e. The van der Waals surface area contributed by atoms with Gasteiger partial charge in [0.05, 0.1) is 18.3 Å². The molecule has 4 nitrogen and oxygen atoms in total. The first-order valence-electron chi connectivity index (χ1n) is 5.57. The van der Waals surface area contributed by atoms with E-state index in [1.165, 1.54) is 0 Å². The summed E-state index contributed by atoms with van der Waals surface area (Å²) in [4.78, 5) is 13.9. The van der Waals surface area contributed by atoms with Crippen LogP contribution < -0.4 is 0 Å². The first-order chi connectivity index (χ1) is 7.81. The quantitative estimate of drug-likeness (QED) is 0.793. The van der Waals surface area contributed by atoms with Gasteiger partial charge in [0.15, 0.2) is 0 Å². The highest BCUT2D eigenvalue weighted by Gasteiger charge is 2.28. The van der Waals surface area contributed by atoms with E-state index in [2.05, 4.69) is 5.10 Å². The zero-order chi connectivity index (χ0) is 11.4. The van der Waals surface area contributed by atoms with Gasteiger partial charge in [0.2, 0.25) is 5.91 Å². The summed E-state index contributed by atoms with van der Waals surface area (Å²) < 4.78 is 1.91. The number of carbonyl (C=O) groups is 1. The fourth-order valence-electron chi connectivity index (χ4n) is 2.18. The molecule has 1 aromatic heterocycles. The van der Waals surface area contributed by atoms with Crippen molar-refractivity contribution in [1.82, 2.24) is 14.7 Å². The minimum Gasteiger partial charge on any atom is -0.337 e. The van der Waals surface area contributed by atoms with Crippen LogP contribution in [0.4, 0.5) is 0 Å². The summed E-state index contributed by atoms with van der Waals surface area (Å²) in [6.07, 6.45) is 7.92. The average molecular weight is 239 g/mol. The van der Waals surface area contributed by atoms with Crippen LogP contribution in [0.25, 0.3) is 0 Å². The van der Waals surface area contributed by atoms with Gasteiger partial charge in [-0.25, -0.2) is 0 Å². The highest BCUT2D eigenvalue weighted by Crippen LogP contribution is 2.19. The van der Waals surface area contributed by atoms with Crippen molar-refractivity contribution < 1.29 is 4.79 Å². The van der Waals surface area contributed by atoms with Crippen molar-refractivity contribution in [3.05, 3.63) is 18.5 Å². The summed E-state index contributed by atoms with van der Waals surface area (Å²) in [5.41, 5.74) is 0. The molecule has 1 aliphatic rings. The topological polar surface area (TPSA) is 38.1 Å². The summed E-state index contributed by atoms with van der Waals surface area (Å²) >= 11 is 1.59. The van der Waals surface area contributed by atoms with Crippen LogP contribution in [-0.4, -0.2) is 45.2 Å². The van der Waals surface area contributed by atoms with E-state index in [9.17, 15) is 4.79 Å². The molecule has 2 rings (SSSR count). The lowest BCUT2D eigenvalue weighted by atomic mass is 10.2. The van der Waals surface area contributed by atoms with Gasteiger partial charge in [-0.2, -0.15) is 16.9 Å². The lowest BCUT2D eigenvalue weighted by Gasteiger charge is -2.24.